The number of nitrogens with zero attached hydrogens (tertiary/aromatic N) is 3. The van der Waals surface area contributed by atoms with Gasteiger partial charge in [-0.1, -0.05) is 6.07 Å². The molecule has 0 saturated heterocycles. The highest BCUT2D eigenvalue weighted by molar-refractivity contribution is 6.14. The van der Waals surface area contributed by atoms with Gasteiger partial charge in [-0.15, -0.1) is 0 Å². The number of amides is 3. The first-order valence-electron chi connectivity index (χ1n) is 8.81. The molecule has 0 atom stereocenters. The van der Waals surface area contributed by atoms with Crippen LogP contribution in [0, 0.1) is 12.3 Å². The van der Waals surface area contributed by atoms with E-state index in [1.165, 1.54) is 12.3 Å². The zero-order valence-electron chi connectivity index (χ0n) is 16.1. The number of carbonyl (C=O) groups excluding carboxylic acids is 2. The SMILES string of the molecule is CC(=O)N1C(=O)N(NCc2cc#cnc2)Cc2cc(C(F)(C(F)(F)F)C(F)(F)F)ccc21. The fourth-order valence-electron chi connectivity index (χ4n) is 3.12. The molecule has 1 aliphatic heterocycles. The molecular weight excluding hydrogens is 449 g/mol. The van der Waals surface area contributed by atoms with Crippen molar-refractivity contribution in [2.24, 2.45) is 0 Å². The molecule has 170 valence electrons. The average Bonchev–Trinajstić information content (AvgIpc) is 2.70. The second-order valence-corrected chi connectivity index (χ2v) is 6.79. The van der Waals surface area contributed by atoms with Crippen molar-refractivity contribution in [2.75, 3.05) is 4.90 Å². The van der Waals surface area contributed by atoms with Gasteiger partial charge in [0.05, 0.1) is 12.2 Å². The summed E-state index contributed by atoms with van der Waals surface area (Å²) in [6, 6.07) is 4.39. The highest BCUT2D eigenvalue weighted by Gasteiger charge is 2.73. The topological polar surface area (TPSA) is 65.5 Å². The summed E-state index contributed by atoms with van der Waals surface area (Å²) < 4.78 is 93.2. The number of urea groups is 1. The molecule has 2 aromatic rings. The fraction of sp³-hybridized carbons (Fsp3) is 0.316. The zero-order valence-corrected chi connectivity index (χ0v) is 16.1. The van der Waals surface area contributed by atoms with E-state index in [9.17, 15) is 40.3 Å². The van der Waals surface area contributed by atoms with Crippen molar-refractivity contribution in [3.63, 3.8) is 0 Å². The molecule has 3 amide bonds. The van der Waals surface area contributed by atoms with E-state index < -0.39 is 42.1 Å². The van der Waals surface area contributed by atoms with Crippen molar-refractivity contribution in [2.45, 2.75) is 38.0 Å². The molecule has 0 radical (unpaired) electrons. The maximum absolute atomic E-state index is 14.5. The molecule has 32 heavy (non-hydrogen) atoms. The molecule has 0 unspecified atom stereocenters. The van der Waals surface area contributed by atoms with E-state index in [2.05, 4.69) is 22.7 Å². The number of imide groups is 1. The van der Waals surface area contributed by atoms with E-state index in [1.807, 2.05) is 0 Å². The predicted molar refractivity (Wildman–Crippen MR) is 94.2 cm³/mol. The molecule has 3 rings (SSSR count). The first-order valence-corrected chi connectivity index (χ1v) is 8.81. The molecule has 1 aliphatic rings. The van der Waals surface area contributed by atoms with Crippen LogP contribution in [0.1, 0.15) is 23.6 Å². The van der Waals surface area contributed by atoms with Crippen molar-refractivity contribution >= 4 is 17.6 Å². The second kappa shape index (κ2) is 7.94. The van der Waals surface area contributed by atoms with Crippen LogP contribution in [0.4, 0.5) is 41.2 Å². The number of hydrogen-bond acceptors (Lipinski definition) is 4. The summed E-state index contributed by atoms with van der Waals surface area (Å²) in [6.45, 7) is 0.409. The largest absolute Gasteiger partial charge is 0.435 e. The van der Waals surface area contributed by atoms with Crippen LogP contribution in [0.2, 0.25) is 0 Å². The lowest BCUT2D eigenvalue weighted by Gasteiger charge is -2.37. The Kier molecular flexibility index (Phi) is 5.77. The van der Waals surface area contributed by atoms with Gasteiger partial charge in [0.15, 0.2) is 0 Å². The monoisotopic (exact) mass is 462 g/mol. The number of nitrogens with one attached hydrogen (secondary N) is 1. The lowest BCUT2D eigenvalue weighted by Crippen LogP contribution is -2.54. The number of rotatable bonds is 4. The lowest BCUT2D eigenvalue weighted by atomic mass is 9.91. The molecular formula is C19H13F7N4O2. The summed E-state index contributed by atoms with van der Waals surface area (Å²) in [6.07, 6.45) is -8.82. The number of benzene rings is 1. The molecule has 13 heteroatoms. The Bertz CT molecular complexity index is 1010. The number of hydrogen-bond donors (Lipinski definition) is 1. The van der Waals surface area contributed by atoms with Crippen LogP contribution in [0.25, 0.3) is 0 Å². The number of carbonyl (C=O) groups is 2. The van der Waals surface area contributed by atoms with Gasteiger partial charge in [-0.25, -0.2) is 24.5 Å². The van der Waals surface area contributed by atoms with Crippen LogP contribution >= 0.6 is 0 Å². The summed E-state index contributed by atoms with van der Waals surface area (Å²) in [7, 11) is 0. The highest BCUT2D eigenvalue weighted by Crippen LogP contribution is 2.53. The van der Waals surface area contributed by atoms with E-state index in [0.717, 1.165) is 11.9 Å². The van der Waals surface area contributed by atoms with Crippen molar-refractivity contribution in [1.82, 2.24) is 15.4 Å². The van der Waals surface area contributed by atoms with Gasteiger partial charge in [-0.05, 0) is 35.4 Å². The molecule has 6 nitrogen and oxygen atoms in total. The second-order valence-electron chi connectivity index (χ2n) is 6.79. The van der Waals surface area contributed by atoms with E-state index >= 15 is 0 Å². The summed E-state index contributed by atoms with van der Waals surface area (Å²) >= 11 is 0. The van der Waals surface area contributed by atoms with E-state index in [-0.39, 0.29) is 23.9 Å². The Morgan fingerprint density at radius 2 is 1.81 bits per heavy atom. The number of anilines is 1. The number of halogens is 7. The standard InChI is InChI=1S/C19H13F7N4O2/c1-11(31)30-15-5-4-14(17(20,18(21,22)23)19(24,25)26)7-13(15)10-29(16(30)32)28-9-12-3-2-6-27-8-12/h3-5,7-8,28H,9-10H2,1H3. The Labute approximate surface area is 176 Å². The minimum absolute atomic E-state index is 0.0388. The predicted octanol–water partition coefficient (Wildman–Crippen LogP) is 3.96. The van der Waals surface area contributed by atoms with Gasteiger partial charge < -0.3 is 0 Å². The minimum Gasteiger partial charge on any atom is -0.274 e. The van der Waals surface area contributed by atoms with Crippen LogP contribution in [0.15, 0.2) is 30.5 Å². The molecule has 0 saturated carbocycles. The van der Waals surface area contributed by atoms with E-state index in [0.29, 0.717) is 22.6 Å². The van der Waals surface area contributed by atoms with Gasteiger partial charge in [-0.3, -0.25) is 9.80 Å². The first kappa shape index (κ1) is 23.3. The Morgan fingerprint density at radius 1 is 1.16 bits per heavy atom. The first-order chi connectivity index (χ1) is 14.8. The molecule has 0 fully saturated rings. The molecule has 0 spiro atoms. The number of hydrazine groups is 1. The number of fused-ring (bicyclic) bond motifs is 1. The third-order valence-corrected chi connectivity index (χ3v) is 4.66. The van der Waals surface area contributed by atoms with Crippen LogP contribution in [-0.4, -0.2) is 34.3 Å². The van der Waals surface area contributed by atoms with E-state index in [4.69, 9.17) is 0 Å². The summed E-state index contributed by atoms with van der Waals surface area (Å²) in [4.78, 5) is 28.9. The summed E-state index contributed by atoms with van der Waals surface area (Å²) in [5, 5.41) is 0.811. The molecule has 1 aromatic carbocycles. The molecule has 1 aromatic heterocycles. The summed E-state index contributed by atoms with van der Waals surface area (Å²) in [5.41, 5.74) is -4.78. The Morgan fingerprint density at radius 3 is 2.34 bits per heavy atom. The van der Waals surface area contributed by atoms with Gasteiger partial charge in [-0.2, -0.15) is 26.3 Å². The normalized spacial score (nSPS) is 14.8. The number of aromatic nitrogens is 1. The van der Waals surface area contributed by atoms with Crippen molar-refractivity contribution < 1.29 is 40.3 Å². The third-order valence-electron chi connectivity index (χ3n) is 4.66. The summed E-state index contributed by atoms with van der Waals surface area (Å²) in [5.74, 6) is -0.849. The Balaban J connectivity index is 2.02. The Hall–Kier alpha value is -3.40. The quantitative estimate of drug-likeness (QED) is 0.699. The lowest BCUT2D eigenvalue weighted by molar-refractivity contribution is -0.348. The van der Waals surface area contributed by atoms with Crippen molar-refractivity contribution in [1.29, 1.82) is 0 Å². The fourth-order valence-corrected chi connectivity index (χ4v) is 3.12. The number of alkyl halides is 7. The van der Waals surface area contributed by atoms with Crippen molar-refractivity contribution in [3.8, 4) is 0 Å². The molecule has 0 aliphatic carbocycles. The van der Waals surface area contributed by atoms with Crippen molar-refractivity contribution in [3.05, 3.63) is 59.4 Å². The van der Waals surface area contributed by atoms with Gasteiger partial charge in [0.25, 0.3) is 0 Å². The maximum Gasteiger partial charge on any atom is 0.435 e. The minimum atomic E-state index is -6.30. The van der Waals surface area contributed by atoms with E-state index in [1.54, 1.807) is 0 Å². The molecule has 2 heterocycles. The van der Waals surface area contributed by atoms with Gasteiger partial charge in [0.1, 0.15) is 0 Å². The maximum atomic E-state index is 14.5. The molecule has 1 N–H and O–H groups in total. The van der Waals surface area contributed by atoms with Crippen LogP contribution in [-0.2, 0) is 23.6 Å². The average molecular weight is 462 g/mol. The highest BCUT2D eigenvalue weighted by atomic mass is 19.4. The molecule has 0 bridgehead atoms. The van der Waals surface area contributed by atoms with Crippen LogP contribution < -0.4 is 10.3 Å². The smallest absolute Gasteiger partial charge is 0.274 e. The zero-order chi connectivity index (χ0) is 23.9. The third kappa shape index (κ3) is 3.93. The van der Waals surface area contributed by atoms with Crippen LogP contribution in [0.3, 0.4) is 0 Å². The van der Waals surface area contributed by atoms with Gasteiger partial charge in [0, 0.05) is 31.4 Å². The van der Waals surface area contributed by atoms with Gasteiger partial charge >= 0.3 is 24.1 Å². The van der Waals surface area contributed by atoms with Crippen LogP contribution in [0.5, 0.6) is 0 Å². The van der Waals surface area contributed by atoms with Gasteiger partial charge in [0.2, 0.25) is 5.91 Å².